The van der Waals surface area contributed by atoms with Crippen LogP contribution in [0.2, 0.25) is 0 Å². The first-order chi connectivity index (χ1) is 13.6. The van der Waals surface area contributed by atoms with E-state index < -0.39 is 0 Å². The maximum absolute atomic E-state index is 6.21. The second-order valence-electron chi connectivity index (χ2n) is 7.84. The van der Waals surface area contributed by atoms with Gasteiger partial charge in [-0.1, -0.05) is 6.07 Å². The topological polar surface area (TPSA) is 99.4 Å². The number of rotatable bonds is 3. The summed E-state index contributed by atoms with van der Waals surface area (Å²) >= 11 is 0. The first kappa shape index (κ1) is 15.7. The molecule has 9 nitrogen and oxygen atoms in total. The second kappa shape index (κ2) is 5.12. The summed E-state index contributed by atoms with van der Waals surface area (Å²) in [5.41, 5.74) is 8.77. The number of hydrogen-bond acceptors (Lipinski definition) is 7. The minimum Gasteiger partial charge on any atom is -0.494 e. The average molecular weight is 376 g/mol. The zero-order valence-electron chi connectivity index (χ0n) is 15.7. The van der Waals surface area contributed by atoms with Crippen LogP contribution in [0.1, 0.15) is 18.7 Å². The van der Waals surface area contributed by atoms with Crippen LogP contribution in [0.4, 0.5) is 11.6 Å². The third kappa shape index (κ3) is 1.90. The van der Waals surface area contributed by atoms with Crippen molar-refractivity contribution in [3.8, 4) is 5.75 Å². The molecule has 3 aliphatic rings. The highest BCUT2D eigenvalue weighted by Gasteiger charge is 2.58. The number of methoxy groups -OCH3 is 1. The molecule has 3 fully saturated rings. The van der Waals surface area contributed by atoms with E-state index in [0.717, 1.165) is 41.9 Å². The van der Waals surface area contributed by atoms with E-state index in [1.807, 2.05) is 36.1 Å². The molecule has 1 aliphatic carbocycles. The zero-order valence-corrected chi connectivity index (χ0v) is 15.7. The standard InChI is InChI=1S/C19H20N8O/c1-25-9-12(8-21-25)26-10-19(6-11(26)7-19)17-23-16-13-4-3-5-14(28-2)15(13)22-18(20)27(16)24-17/h3-5,8-9,11H,6-7,10H2,1-2H3,(H2,20,22). The van der Waals surface area contributed by atoms with Gasteiger partial charge in [-0.2, -0.15) is 9.61 Å². The van der Waals surface area contributed by atoms with Gasteiger partial charge >= 0.3 is 0 Å². The molecular weight excluding hydrogens is 356 g/mol. The lowest BCUT2D eigenvalue weighted by Crippen LogP contribution is -2.39. The van der Waals surface area contributed by atoms with Crippen molar-refractivity contribution in [2.75, 3.05) is 24.3 Å². The van der Waals surface area contributed by atoms with Gasteiger partial charge in [0, 0.05) is 31.2 Å². The van der Waals surface area contributed by atoms with Crippen LogP contribution in [0.3, 0.4) is 0 Å². The van der Waals surface area contributed by atoms with Crippen LogP contribution in [0, 0.1) is 0 Å². The Hall–Kier alpha value is -3.36. The first-order valence-electron chi connectivity index (χ1n) is 9.33. The summed E-state index contributed by atoms with van der Waals surface area (Å²) in [5.74, 6) is 1.85. The third-order valence-electron chi connectivity index (χ3n) is 6.17. The Bertz CT molecular complexity index is 1240. The Kier molecular flexibility index (Phi) is 2.87. The van der Waals surface area contributed by atoms with Crippen molar-refractivity contribution < 1.29 is 4.74 Å². The van der Waals surface area contributed by atoms with Crippen molar-refractivity contribution in [2.45, 2.75) is 24.3 Å². The summed E-state index contributed by atoms with van der Waals surface area (Å²) in [6.07, 6.45) is 6.08. The first-order valence-corrected chi connectivity index (χ1v) is 9.33. The lowest BCUT2D eigenvalue weighted by molar-refractivity contribution is 0.293. The minimum atomic E-state index is -0.0375. The Labute approximate surface area is 160 Å². The molecule has 5 heterocycles. The average Bonchev–Trinajstić information content (AvgIpc) is 3.41. The molecule has 0 spiro atoms. The molecule has 28 heavy (non-hydrogen) atoms. The number of ether oxygens (including phenoxy) is 1. The molecule has 9 heteroatoms. The summed E-state index contributed by atoms with van der Waals surface area (Å²) in [7, 11) is 3.57. The molecule has 2 bridgehead atoms. The van der Waals surface area contributed by atoms with Crippen molar-refractivity contribution in [3.05, 3.63) is 36.4 Å². The van der Waals surface area contributed by atoms with Crippen LogP contribution in [-0.2, 0) is 12.5 Å². The number of hydrogen-bond donors (Lipinski definition) is 1. The molecule has 0 radical (unpaired) electrons. The molecule has 0 amide bonds. The Morgan fingerprint density at radius 1 is 1.25 bits per heavy atom. The number of aromatic nitrogens is 6. The van der Waals surface area contributed by atoms with Gasteiger partial charge in [-0.3, -0.25) is 4.68 Å². The van der Waals surface area contributed by atoms with Gasteiger partial charge in [0.15, 0.2) is 11.5 Å². The fourth-order valence-electron chi connectivity index (χ4n) is 4.77. The van der Waals surface area contributed by atoms with E-state index in [0.29, 0.717) is 23.3 Å². The second-order valence-corrected chi connectivity index (χ2v) is 7.84. The van der Waals surface area contributed by atoms with Gasteiger partial charge in [0.25, 0.3) is 0 Å². The molecule has 0 atom stereocenters. The quantitative estimate of drug-likeness (QED) is 0.579. The number of anilines is 2. The highest BCUT2D eigenvalue weighted by Crippen LogP contribution is 2.53. The van der Waals surface area contributed by atoms with Crippen molar-refractivity contribution in [1.29, 1.82) is 0 Å². The fraction of sp³-hybridized carbons (Fsp3) is 0.368. The van der Waals surface area contributed by atoms with Crippen LogP contribution in [-0.4, -0.2) is 49.1 Å². The molecule has 4 aromatic rings. The molecule has 2 aliphatic heterocycles. The van der Waals surface area contributed by atoms with Gasteiger partial charge in [0.1, 0.15) is 11.3 Å². The highest BCUT2D eigenvalue weighted by atomic mass is 16.5. The van der Waals surface area contributed by atoms with Gasteiger partial charge < -0.3 is 15.4 Å². The fourth-order valence-corrected chi connectivity index (χ4v) is 4.77. The maximum atomic E-state index is 6.21. The van der Waals surface area contributed by atoms with E-state index in [-0.39, 0.29) is 5.41 Å². The number of nitrogens with two attached hydrogens (primary N) is 1. The lowest BCUT2D eigenvalue weighted by Gasteiger charge is -2.34. The highest BCUT2D eigenvalue weighted by molar-refractivity contribution is 5.95. The largest absolute Gasteiger partial charge is 0.494 e. The molecule has 2 saturated heterocycles. The molecule has 1 saturated carbocycles. The SMILES string of the molecule is COc1cccc2c1nc(N)n1nc(C34CC(C3)N(c3cnn(C)c3)C4)nc21. The van der Waals surface area contributed by atoms with Crippen LogP contribution < -0.4 is 15.4 Å². The van der Waals surface area contributed by atoms with E-state index in [1.165, 1.54) is 0 Å². The van der Waals surface area contributed by atoms with Gasteiger partial charge in [-0.25, -0.2) is 9.97 Å². The van der Waals surface area contributed by atoms with E-state index in [4.69, 9.17) is 20.6 Å². The normalized spacial score (nSPS) is 23.5. The van der Waals surface area contributed by atoms with E-state index in [1.54, 1.807) is 11.6 Å². The van der Waals surface area contributed by atoms with Gasteiger partial charge in [-0.05, 0) is 25.0 Å². The summed E-state index contributed by atoms with van der Waals surface area (Å²) in [6, 6.07) is 6.31. The summed E-state index contributed by atoms with van der Waals surface area (Å²) in [6.45, 7) is 0.898. The van der Waals surface area contributed by atoms with Crippen LogP contribution >= 0.6 is 0 Å². The zero-order chi connectivity index (χ0) is 19.0. The number of benzene rings is 1. The van der Waals surface area contributed by atoms with Crippen LogP contribution in [0.15, 0.2) is 30.6 Å². The van der Waals surface area contributed by atoms with Gasteiger partial charge in [0.05, 0.1) is 24.4 Å². The van der Waals surface area contributed by atoms with E-state index in [9.17, 15) is 0 Å². The number of nitrogens with zero attached hydrogens (tertiary/aromatic N) is 7. The summed E-state index contributed by atoms with van der Waals surface area (Å²) in [4.78, 5) is 11.9. The van der Waals surface area contributed by atoms with Crippen LogP contribution in [0.5, 0.6) is 5.75 Å². The third-order valence-corrected chi connectivity index (χ3v) is 6.17. The number of aryl methyl sites for hydroxylation is 1. The smallest absolute Gasteiger partial charge is 0.223 e. The summed E-state index contributed by atoms with van der Waals surface area (Å²) in [5, 5.41) is 9.97. The van der Waals surface area contributed by atoms with Crippen molar-refractivity contribution in [1.82, 2.24) is 29.4 Å². The van der Waals surface area contributed by atoms with Crippen molar-refractivity contribution in [2.24, 2.45) is 7.05 Å². The predicted octanol–water partition coefficient (Wildman–Crippen LogP) is 1.52. The number of para-hydroxylation sites is 1. The minimum absolute atomic E-state index is 0.0375. The van der Waals surface area contributed by atoms with Gasteiger partial charge in [-0.15, -0.1) is 5.10 Å². The van der Waals surface area contributed by atoms with E-state index >= 15 is 0 Å². The Morgan fingerprint density at radius 3 is 2.86 bits per heavy atom. The number of nitrogen functional groups attached to an aromatic ring is 1. The van der Waals surface area contributed by atoms with Crippen molar-refractivity contribution in [3.63, 3.8) is 0 Å². The van der Waals surface area contributed by atoms with Crippen LogP contribution in [0.25, 0.3) is 16.6 Å². The molecule has 2 N–H and O–H groups in total. The predicted molar refractivity (Wildman–Crippen MR) is 105 cm³/mol. The molecule has 0 unspecified atom stereocenters. The summed E-state index contributed by atoms with van der Waals surface area (Å²) < 4.78 is 8.94. The molecule has 1 aromatic carbocycles. The Morgan fingerprint density at radius 2 is 2.11 bits per heavy atom. The maximum Gasteiger partial charge on any atom is 0.223 e. The molecular formula is C19H20N8O. The Balaban J connectivity index is 1.46. The van der Waals surface area contributed by atoms with Gasteiger partial charge in [0.2, 0.25) is 5.95 Å². The molecule has 142 valence electrons. The number of fused-ring (bicyclic) bond motifs is 4. The lowest BCUT2D eigenvalue weighted by atomic mass is 9.69. The van der Waals surface area contributed by atoms with E-state index in [2.05, 4.69) is 21.2 Å². The molecule has 7 rings (SSSR count). The monoisotopic (exact) mass is 376 g/mol. The molecule has 3 aromatic heterocycles. The van der Waals surface area contributed by atoms with Crippen molar-refractivity contribution >= 4 is 28.2 Å².